The largest absolute Gasteiger partial charge is 0.391 e. The quantitative estimate of drug-likeness (QED) is 0.666. The Bertz CT molecular complexity index is 659. The van der Waals surface area contributed by atoms with Crippen molar-refractivity contribution >= 4 is 22.5 Å². The molecule has 0 saturated carbocycles. The smallest absolute Gasteiger partial charge is 0.258 e. The van der Waals surface area contributed by atoms with Crippen LogP contribution in [0.1, 0.15) is 12.2 Å². The summed E-state index contributed by atoms with van der Waals surface area (Å²) in [5.74, 6) is 0.538. The van der Waals surface area contributed by atoms with E-state index in [1.165, 1.54) is 0 Å². The fourth-order valence-electron chi connectivity index (χ4n) is 2.00. The summed E-state index contributed by atoms with van der Waals surface area (Å²) in [6.45, 7) is 1.32. The number of benzene rings is 1. The van der Waals surface area contributed by atoms with Crippen molar-refractivity contribution in [3.63, 3.8) is 0 Å². The van der Waals surface area contributed by atoms with Gasteiger partial charge in [0.05, 0.1) is 30.2 Å². The van der Waals surface area contributed by atoms with E-state index in [1.54, 1.807) is 25.3 Å². The highest BCUT2D eigenvalue weighted by Gasteiger charge is 2.05. The standard InChI is InChI=1S/C14H18ClN3O3/c1-21-8-10(19)4-5-16-7-13-17-12-6-9(15)2-3-11(12)14(20)18-13/h2-3,6,10,16,19H,4-5,7-8H2,1H3,(H,17,18,20). The third-order valence-electron chi connectivity index (χ3n) is 3.02. The van der Waals surface area contributed by atoms with E-state index in [1.807, 2.05) is 0 Å². The van der Waals surface area contributed by atoms with E-state index < -0.39 is 6.10 Å². The molecule has 21 heavy (non-hydrogen) atoms. The molecular formula is C14H18ClN3O3. The number of methoxy groups -OCH3 is 1. The number of halogens is 1. The van der Waals surface area contributed by atoms with Crippen molar-refractivity contribution in [1.29, 1.82) is 0 Å². The molecule has 7 heteroatoms. The summed E-state index contributed by atoms with van der Waals surface area (Å²) in [7, 11) is 1.55. The Morgan fingerprint density at radius 1 is 1.52 bits per heavy atom. The van der Waals surface area contributed by atoms with Gasteiger partial charge in [0, 0.05) is 12.1 Å². The average Bonchev–Trinajstić information content (AvgIpc) is 2.43. The zero-order chi connectivity index (χ0) is 15.2. The molecule has 1 heterocycles. The number of aromatic amines is 1. The van der Waals surface area contributed by atoms with Crippen LogP contribution in [0.15, 0.2) is 23.0 Å². The molecule has 3 N–H and O–H groups in total. The van der Waals surface area contributed by atoms with Crippen molar-refractivity contribution < 1.29 is 9.84 Å². The van der Waals surface area contributed by atoms with E-state index in [9.17, 15) is 9.90 Å². The first-order valence-electron chi connectivity index (χ1n) is 6.66. The first-order chi connectivity index (χ1) is 10.1. The lowest BCUT2D eigenvalue weighted by Gasteiger charge is -2.10. The molecule has 0 aliphatic heterocycles. The maximum absolute atomic E-state index is 11.9. The van der Waals surface area contributed by atoms with Gasteiger partial charge in [0.2, 0.25) is 0 Å². The minimum atomic E-state index is -0.495. The number of fused-ring (bicyclic) bond motifs is 1. The lowest BCUT2D eigenvalue weighted by molar-refractivity contribution is 0.0594. The zero-order valence-electron chi connectivity index (χ0n) is 11.7. The van der Waals surface area contributed by atoms with Crippen LogP contribution >= 0.6 is 11.6 Å². The number of aliphatic hydroxyl groups is 1. The van der Waals surface area contributed by atoms with Crippen LogP contribution in [0.5, 0.6) is 0 Å². The monoisotopic (exact) mass is 311 g/mol. The maximum atomic E-state index is 11.9. The highest BCUT2D eigenvalue weighted by Crippen LogP contribution is 2.14. The predicted molar refractivity (Wildman–Crippen MR) is 81.6 cm³/mol. The number of nitrogens with zero attached hydrogens (tertiary/aromatic N) is 1. The Balaban J connectivity index is 1.98. The minimum absolute atomic E-state index is 0.187. The summed E-state index contributed by atoms with van der Waals surface area (Å²) in [5, 5.41) is 13.7. The van der Waals surface area contributed by atoms with Gasteiger partial charge in [-0.25, -0.2) is 4.98 Å². The number of rotatable bonds is 7. The van der Waals surface area contributed by atoms with Crippen molar-refractivity contribution in [3.05, 3.63) is 39.4 Å². The van der Waals surface area contributed by atoms with E-state index >= 15 is 0 Å². The Morgan fingerprint density at radius 2 is 2.33 bits per heavy atom. The second-order valence-electron chi connectivity index (χ2n) is 4.75. The molecule has 114 valence electrons. The van der Waals surface area contributed by atoms with Gasteiger partial charge in [0.25, 0.3) is 5.56 Å². The molecule has 1 unspecified atom stereocenters. The number of H-pyrrole nitrogens is 1. The first-order valence-corrected chi connectivity index (χ1v) is 7.04. The summed E-state index contributed by atoms with van der Waals surface area (Å²) in [4.78, 5) is 19.0. The molecule has 1 atom stereocenters. The van der Waals surface area contributed by atoms with Crippen LogP contribution in [-0.2, 0) is 11.3 Å². The van der Waals surface area contributed by atoms with E-state index in [2.05, 4.69) is 15.3 Å². The van der Waals surface area contributed by atoms with Crippen molar-refractivity contribution in [2.24, 2.45) is 0 Å². The minimum Gasteiger partial charge on any atom is -0.391 e. The normalized spacial score (nSPS) is 12.7. The van der Waals surface area contributed by atoms with Crippen molar-refractivity contribution in [2.45, 2.75) is 19.1 Å². The van der Waals surface area contributed by atoms with E-state index in [0.717, 1.165) is 0 Å². The third-order valence-corrected chi connectivity index (χ3v) is 3.26. The van der Waals surface area contributed by atoms with Crippen LogP contribution < -0.4 is 10.9 Å². The molecule has 2 rings (SSSR count). The third kappa shape index (κ3) is 4.50. The molecule has 0 fully saturated rings. The highest BCUT2D eigenvalue weighted by molar-refractivity contribution is 6.31. The topological polar surface area (TPSA) is 87.2 Å². The van der Waals surface area contributed by atoms with Crippen molar-refractivity contribution in [2.75, 3.05) is 20.3 Å². The molecule has 2 aromatic rings. The summed E-state index contributed by atoms with van der Waals surface area (Å²) in [6, 6.07) is 4.98. The number of aromatic nitrogens is 2. The van der Waals surface area contributed by atoms with Gasteiger partial charge in [-0.05, 0) is 31.2 Å². The van der Waals surface area contributed by atoms with Crippen LogP contribution in [0.25, 0.3) is 10.9 Å². The van der Waals surface area contributed by atoms with Gasteiger partial charge in [0.15, 0.2) is 0 Å². The van der Waals surface area contributed by atoms with Gasteiger partial charge in [0.1, 0.15) is 5.82 Å². The van der Waals surface area contributed by atoms with Gasteiger partial charge >= 0.3 is 0 Å². The van der Waals surface area contributed by atoms with Crippen LogP contribution in [0, 0.1) is 0 Å². The molecule has 0 radical (unpaired) electrons. The molecule has 0 amide bonds. The molecule has 0 aliphatic rings. The molecule has 0 aliphatic carbocycles. The number of aliphatic hydroxyl groups excluding tert-OH is 1. The fourth-order valence-corrected chi connectivity index (χ4v) is 2.16. The number of ether oxygens (including phenoxy) is 1. The lowest BCUT2D eigenvalue weighted by Crippen LogP contribution is -2.24. The molecule has 1 aromatic heterocycles. The average molecular weight is 312 g/mol. The van der Waals surface area contributed by atoms with Crippen LogP contribution in [0.4, 0.5) is 0 Å². The Hall–Kier alpha value is -1.47. The van der Waals surface area contributed by atoms with Gasteiger partial charge in [-0.2, -0.15) is 0 Å². The van der Waals surface area contributed by atoms with Crippen molar-refractivity contribution in [3.8, 4) is 0 Å². The summed E-state index contributed by atoms with van der Waals surface area (Å²) in [5.41, 5.74) is 0.385. The van der Waals surface area contributed by atoms with E-state index in [0.29, 0.717) is 47.9 Å². The lowest BCUT2D eigenvalue weighted by atomic mass is 10.2. The first kappa shape index (κ1) is 15.9. The van der Waals surface area contributed by atoms with Crippen LogP contribution in [0.3, 0.4) is 0 Å². The van der Waals surface area contributed by atoms with E-state index in [4.69, 9.17) is 16.3 Å². The Labute approximate surface area is 127 Å². The van der Waals surface area contributed by atoms with Crippen molar-refractivity contribution in [1.82, 2.24) is 15.3 Å². The zero-order valence-corrected chi connectivity index (χ0v) is 12.5. The molecular weight excluding hydrogens is 294 g/mol. The molecule has 6 nitrogen and oxygen atoms in total. The van der Waals surface area contributed by atoms with Gasteiger partial charge in [-0.1, -0.05) is 11.6 Å². The molecule has 0 spiro atoms. The van der Waals surface area contributed by atoms with Gasteiger partial charge < -0.3 is 20.1 Å². The second-order valence-corrected chi connectivity index (χ2v) is 5.19. The van der Waals surface area contributed by atoms with Gasteiger partial charge in [-0.3, -0.25) is 4.79 Å². The molecule has 1 aromatic carbocycles. The Morgan fingerprint density at radius 3 is 3.10 bits per heavy atom. The SMILES string of the molecule is COCC(O)CCNCc1nc2cc(Cl)ccc2c(=O)[nH]1. The second kappa shape index (κ2) is 7.51. The fraction of sp³-hybridized carbons (Fsp3) is 0.429. The van der Waals surface area contributed by atoms with E-state index in [-0.39, 0.29) is 5.56 Å². The number of hydrogen-bond acceptors (Lipinski definition) is 5. The number of hydrogen-bond donors (Lipinski definition) is 3. The molecule has 0 bridgehead atoms. The predicted octanol–water partition coefficient (Wildman–Crippen LogP) is 1.06. The number of nitrogens with one attached hydrogen (secondary N) is 2. The molecule has 0 saturated heterocycles. The van der Waals surface area contributed by atoms with Crippen LogP contribution in [-0.4, -0.2) is 41.4 Å². The summed E-state index contributed by atoms with van der Waals surface area (Å²) < 4.78 is 4.84. The Kier molecular flexibility index (Phi) is 5.69. The van der Waals surface area contributed by atoms with Crippen LogP contribution in [0.2, 0.25) is 5.02 Å². The highest BCUT2D eigenvalue weighted by atomic mass is 35.5. The summed E-state index contributed by atoms with van der Waals surface area (Å²) in [6.07, 6.45) is 0.0715. The maximum Gasteiger partial charge on any atom is 0.258 e. The summed E-state index contributed by atoms with van der Waals surface area (Å²) >= 11 is 5.91. The van der Waals surface area contributed by atoms with Gasteiger partial charge in [-0.15, -0.1) is 0 Å².